The summed E-state index contributed by atoms with van der Waals surface area (Å²) in [6, 6.07) is 15.8. The van der Waals surface area contributed by atoms with Gasteiger partial charge in [0.05, 0.1) is 44.1 Å². The molecule has 4 aromatic rings. The number of rotatable bonds is 6. The first-order valence-electron chi connectivity index (χ1n) is 12.0. The molecule has 0 saturated heterocycles. The van der Waals surface area contributed by atoms with Crippen LogP contribution in [0, 0.1) is 18.8 Å². The first kappa shape index (κ1) is 28.6. The molecule has 2 heterocycles. The molecule has 0 spiro atoms. The second-order valence-corrected chi connectivity index (χ2v) is 10.9. The number of hydrogen-bond donors (Lipinski definition) is 3. The van der Waals surface area contributed by atoms with Crippen LogP contribution in [0.15, 0.2) is 71.8 Å². The van der Waals surface area contributed by atoms with E-state index in [9.17, 15) is 18.6 Å². The number of aryl methyl sites for hydroxylation is 2. The van der Waals surface area contributed by atoms with Crippen molar-refractivity contribution in [1.29, 1.82) is 0 Å². The van der Waals surface area contributed by atoms with E-state index in [1.54, 1.807) is 44.3 Å². The second kappa shape index (κ2) is 11.8. The molecule has 4 rings (SSSR count). The van der Waals surface area contributed by atoms with Crippen molar-refractivity contribution in [1.82, 2.24) is 19.5 Å². The average molecular weight is 571 g/mol. The van der Waals surface area contributed by atoms with E-state index in [4.69, 9.17) is 5.73 Å². The lowest BCUT2D eigenvalue weighted by molar-refractivity contribution is 0.0600. The number of nitrogens with two attached hydrogens (primary N) is 1. The first-order chi connectivity index (χ1) is 19.5. The minimum Gasteiger partial charge on any atom is -0.465 e. The zero-order chi connectivity index (χ0) is 29.7. The molecule has 0 aliphatic carbocycles. The second-order valence-electron chi connectivity index (χ2n) is 8.86. The Labute approximate surface area is 236 Å². The molecule has 0 aliphatic heterocycles. The number of nitrogens with zero attached hydrogens (tertiary/aromatic N) is 3. The number of esters is 1. The number of hydrogen-bond acceptors (Lipinski definition) is 8. The monoisotopic (exact) mass is 570 g/mol. The van der Waals surface area contributed by atoms with Crippen LogP contribution in [0.2, 0.25) is 0 Å². The van der Waals surface area contributed by atoms with Gasteiger partial charge in [-0.1, -0.05) is 24.0 Å². The molecule has 0 bridgehead atoms. The molecule has 1 unspecified atom stereocenters. The van der Waals surface area contributed by atoms with Crippen molar-refractivity contribution in [2.24, 2.45) is 7.05 Å². The van der Waals surface area contributed by atoms with E-state index in [0.29, 0.717) is 16.9 Å². The molecule has 0 aliphatic rings. The number of pyridine rings is 1. The summed E-state index contributed by atoms with van der Waals surface area (Å²) in [6.07, 6.45) is 1.23. The normalized spacial score (nSPS) is 11.9. The Morgan fingerprint density at radius 3 is 2.49 bits per heavy atom. The molecule has 12 heteroatoms. The number of nitrogens with one attached hydrogen (secondary N) is 2. The molecule has 1 atom stereocenters. The lowest BCUT2D eigenvalue weighted by Gasteiger charge is -2.13. The standard InChI is InChI=1S/C29H26N6O5S/c1-18-13-25(35(2)33-18)28(37)32-23-9-5-7-19(14-23)11-12-20-15-22(17-31-26(20)30)27(36)34-41(4,39)24-10-6-8-21(16-24)29(38)40-3/h5-10,13-17H,4H2,1-3H3,(H2,30,31)(H,32,37)(H,34,36,39). The summed E-state index contributed by atoms with van der Waals surface area (Å²) in [4.78, 5) is 41.6. The molecule has 2 aromatic carbocycles. The summed E-state index contributed by atoms with van der Waals surface area (Å²) in [6.45, 7) is 1.80. The fraction of sp³-hybridized carbons (Fsp3) is 0.103. The van der Waals surface area contributed by atoms with Crippen molar-refractivity contribution in [3.05, 3.63) is 101 Å². The van der Waals surface area contributed by atoms with Gasteiger partial charge in [-0.3, -0.25) is 19.0 Å². The van der Waals surface area contributed by atoms with Crippen LogP contribution in [-0.4, -0.2) is 49.7 Å². The minimum absolute atomic E-state index is 0.0523. The van der Waals surface area contributed by atoms with E-state index < -0.39 is 21.6 Å². The van der Waals surface area contributed by atoms with Gasteiger partial charge in [0.1, 0.15) is 11.5 Å². The van der Waals surface area contributed by atoms with E-state index in [-0.39, 0.29) is 33.3 Å². The number of aromatic nitrogens is 3. The molecule has 0 radical (unpaired) electrons. The third-order valence-corrected chi connectivity index (χ3v) is 7.30. The summed E-state index contributed by atoms with van der Waals surface area (Å²) in [7, 11) is -0.411. The smallest absolute Gasteiger partial charge is 0.337 e. The Kier molecular flexibility index (Phi) is 8.21. The molecule has 4 N–H and O–H groups in total. The van der Waals surface area contributed by atoms with E-state index in [0.717, 1.165) is 5.69 Å². The molecule has 208 valence electrons. The summed E-state index contributed by atoms with van der Waals surface area (Å²) in [5, 5.41) is 7.00. The number of benzene rings is 2. The predicted octanol–water partition coefficient (Wildman–Crippen LogP) is 2.56. The maximum atomic E-state index is 13.2. The molecule has 0 saturated carbocycles. The molecule has 0 fully saturated rings. The van der Waals surface area contributed by atoms with Crippen molar-refractivity contribution >= 4 is 44.9 Å². The van der Waals surface area contributed by atoms with Crippen molar-refractivity contribution < 1.29 is 23.3 Å². The SMILES string of the molecule is C=S(=O)(NC(=O)c1cnc(N)c(C#Cc2cccc(NC(=O)c3cc(C)nn3C)c2)c1)c1cccc(C(=O)OC)c1. The van der Waals surface area contributed by atoms with Gasteiger partial charge in [-0.15, -0.1) is 0 Å². The van der Waals surface area contributed by atoms with Gasteiger partial charge >= 0.3 is 5.97 Å². The van der Waals surface area contributed by atoms with Crippen LogP contribution in [0.5, 0.6) is 0 Å². The largest absolute Gasteiger partial charge is 0.465 e. The zero-order valence-corrected chi connectivity index (χ0v) is 23.2. The van der Waals surface area contributed by atoms with Gasteiger partial charge in [0.2, 0.25) is 0 Å². The van der Waals surface area contributed by atoms with Gasteiger partial charge in [0, 0.05) is 24.5 Å². The van der Waals surface area contributed by atoms with Gasteiger partial charge in [-0.2, -0.15) is 5.10 Å². The number of carbonyl (C=O) groups is 3. The van der Waals surface area contributed by atoms with Gasteiger partial charge in [0.15, 0.2) is 0 Å². The summed E-state index contributed by atoms with van der Waals surface area (Å²) in [5.74, 6) is 7.91. The predicted molar refractivity (Wildman–Crippen MR) is 156 cm³/mol. The van der Waals surface area contributed by atoms with E-state index in [1.165, 1.54) is 48.3 Å². The van der Waals surface area contributed by atoms with Gasteiger partial charge in [-0.05, 0) is 61.3 Å². The highest BCUT2D eigenvalue weighted by molar-refractivity contribution is 7.99. The highest BCUT2D eigenvalue weighted by atomic mass is 32.2. The van der Waals surface area contributed by atoms with Gasteiger partial charge in [0.25, 0.3) is 11.8 Å². The van der Waals surface area contributed by atoms with Gasteiger partial charge in [-0.25, -0.2) is 14.0 Å². The molecule has 41 heavy (non-hydrogen) atoms. The average Bonchev–Trinajstić information content (AvgIpc) is 3.29. The molecular formula is C29H26N6O5S. The highest BCUT2D eigenvalue weighted by Gasteiger charge is 2.17. The summed E-state index contributed by atoms with van der Waals surface area (Å²) in [5.41, 5.74) is 8.71. The Hall–Kier alpha value is -5.41. The Morgan fingerprint density at radius 1 is 1.02 bits per heavy atom. The van der Waals surface area contributed by atoms with Crippen LogP contribution in [0.1, 0.15) is 48.0 Å². The number of nitrogen functional groups attached to an aromatic ring is 1. The van der Waals surface area contributed by atoms with Gasteiger partial charge < -0.3 is 15.8 Å². The zero-order valence-electron chi connectivity index (χ0n) is 22.4. The number of carbonyl (C=O) groups excluding carboxylic acids is 3. The quantitative estimate of drug-likeness (QED) is 0.181. The van der Waals surface area contributed by atoms with Crippen LogP contribution in [0.25, 0.3) is 0 Å². The first-order valence-corrected chi connectivity index (χ1v) is 13.8. The fourth-order valence-corrected chi connectivity index (χ4v) is 4.90. The van der Waals surface area contributed by atoms with Crippen LogP contribution < -0.4 is 15.8 Å². The van der Waals surface area contributed by atoms with Crippen LogP contribution in [0.3, 0.4) is 0 Å². The Balaban J connectivity index is 1.52. The van der Waals surface area contributed by atoms with Crippen molar-refractivity contribution in [3.63, 3.8) is 0 Å². The number of methoxy groups -OCH3 is 1. The van der Waals surface area contributed by atoms with Crippen molar-refractivity contribution in [2.75, 3.05) is 18.2 Å². The van der Waals surface area contributed by atoms with Crippen molar-refractivity contribution in [3.8, 4) is 11.8 Å². The van der Waals surface area contributed by atoms with E-state index in [1.807, 2.05) is 0 Å². The molecule has 2 amide bonds. The third kappa shape index (κ3) is 6.78. The lowest BCUT2D eigenvalue weighted by atomic mass is 10.1. The molecular weight excluding hydrogens is 544 g/mol. The lowest BCUT2D eigenvalue weighted by Crippen LogP contribution is -2.30. The number of amides is 2. The maximum absolute atomic E-state index is 13.2. The Bertz CT molecular complexity index is 1850. The summed E-state index contributed by atoms with van der Waals surface area (Å²) < 4.78 is 21.8. The third-order valence-electron chi connectivity index (χ3n) is 5.77. The number of anilines is 2. The van der Waals surface area contributed by atoms with E-state index >= 15 is 0 Å². The van der Waals surface area contributed by atoms with E-state index in [2.05, 4.69) is 42.6 Å². The fourth-order valence-electron chi connectivity index (χ4n) is 3.75. The van der Waals surface area contributed by atoms with Crippen LogP contribution in [-0.2, 0) is 21.5 Å². The highest BCUT2D eigenvalue weighted by Crippen LogP contribution is 2.16. The minimum atomic E-state index is -3.33. The molecule has 2 aromatic heterocycles. The van der Waals surface area contributed by atoms with Crippen molar-refractivity contribution in [2.45, 2.75) is 11.8 Å². The molecule has 11 nitrogen and oxygen atoms in total. The number of ether oxygens (including phenoxy) is 1. The topological polar surface area (TPSA) is 158 Å². The maximum Gasteiger partial charge on any atom is 0.337 e. The summed E-state index contributed by atoms with van der Waals surface area (Å²) >= 11 is 0. The Morgan fingerprint density at radius 2 is 1.78 bits per heavy atom. The van der Waals surface area contributed by atoms with Crippen LogP contribution in [0.4, 0.5) is 11.5 Å². The van der Waals surface area contributed by atoms with Crippen LogP contribution >= 0.6 is 0 Å².